The van der Waals surface area contributed by atoms with Crippen molar-refractivity contribution in [3.8, 4) is 5.69 Å². The molecule has 0 spiro atoms. The van der Waals surface area contributed by atoms with Gasteiger partial charge >= 0.3 is 0 Å². The van der Waals surface area contributed by atoms with Gasteiger partial charge in [-0.15, -0.1) is 11.3 Å². The largest absolute Gasteiger partial charge is 0.309 e. The molecule has 0 fully saturated rings. The summed E-state index contributed by atoms with van der Waals surface area (Å²) in [5.41, 5.74) is 5.04. The quantitative estimate of drug-likeness (QED) is 0.286. The summed E-state index contributed by atoms with van der Waals surface area (Å²) in [7, 11) is 0. The van der Waals surface area contributed by atoms with Crippen molar-refractivity contribution in [2.75, 3.05) is 0 Å². The van der Waals surface area contributed by atoms with Gasteiger partial charge in [-0.2, -0.15) is 0 Å². The van der Waals surface area contributed by atoms with E-state index >= 15 is 0 Å². The summed E-state index contributed by atoms with van der Waals surface area (Å²) >= 11 is 1.88. The van der Waals surface area contributed by atoms with Crippen LogP contribution >= 0.6 is 11.3 Å². The van der Waals surface area contributed by atoms with E-state index in [9.17, 15) is 0 Å². The zero-order valence-electron chi connectivity index (χ0n) is 14.9. The highest BCUT2D eigenvalue weighted by atomic mass is 32.1. The van der Waals surface area contributed by atoms with E-state index in [-0.39, 0.29) is 0 Å². The fraction of sp³-hybridized carbons (Fsp3) is 0.0400. The van der Waals surface area contributed by atoms with Crippen molar-refractivity contribution >= 4 is 53.3 Å². The molecule has 0 radical (unpaired) electrons. The van der Waals surface area contributed by atoms with E-state index in [1.807, 2.05) is 11.3 Å². The zero-order valence-corrected chi connectivity index (χ0v) is 15.8. The second kappa shape index (κ2) is 5.45. The topological polar surface area (TPSA) is 4.93 Å². The van der Waals surface area contributed by atoms with E-state index in [4.69, 9.17) is 0 Å². The standard InChI is InChI=1S/C25H17NS/c1-16-10-12-17(13-11-16)26-22-8-4-2-6-18(22)20-14-21-19-7-3-5-9-24(19)27-25(21)15-23(20)26/h2-15H,1H3. The van der Waals surface area contributed by atoms with E-state index < -0.39 is 0 Å². The summed E-state index contributed by atoms with van der Waals surface area (Å²) in [6.07, 6.45) is 0. The van der Waals surface area contributed by atoms with Crippen molar-refractivity contribution in [1.82, 2.24) is 4.57 Å². The number of fused-ring (bicyclic) bond motifs is 6. The molecule has 0 aliphatic carbocycles. The Morgan fingerprint density at radius 2 is 1.33 bits per heavy atom. The Bertz CT molecular complexity index is 1470. The minimum Gasteiger partial charge on any atom is -0.309 e. The number of para-hydroxylation sites is 1. The Morgan fingerprint density at radius 3 is 2.19 bits per heavy atom. The molecule has 6 aromatic rings. The van der Waals surface area contributed by atoms with Gasteiger partial charge in [0.2, 0.25) is 0 Å². The molecule has 0 aliphatic rings. The maximum atomic E-state index is 2.40. The first-order valence-electron chi connectivity index (χ1n) is 9.21. The van der Waals surface area contributed by atoms with Gasteiger partial charge < -0.3 is 4.57 Å². The average molecular weight is 363 g/mol. The maximum Gasteiger partial charge on any atom is 0.0555 e. The van der Waals surface area contributed by atoms with Crippen LogP contribution in [0.1, 0.15) is 5.56 Å². The number of aromatic nitrogens is 1. The third kappa shape index (κ3) is 2.11. The van der Waals surface area contributed by atoms with E-state index in [0.29, 0.717) is 0 Å². The Labute approximate surface area is 161 Å². The van der Waals surface area contributed by atoms with Crippen molar-refractivity contribution < 1.29 is 0 Å². The van der Waals surface area contributed by atoms with Crippen LogP contribution in [-0.2, 0) is 0 Å². The lowest BCUT2D eigenvalue weighted by Crippen LogP contribution is -1.93. The first-order chi connectivity index (χ1) is 13.3. The molecule has 2 heteroatoms. The van der Waals surface area contributed by atoms with Gasteiger partial charge in [0.05, 0.1) is 11.0 Å². The average Bonchev–Trinajstić information content (AvgIpc) is 3.22. The van der Waals surface area contributed by atoms with Crippen LogP contribution in [-0.4, -0.2) is 4.57 Å². The van der Waals surface area contributed by atoms with Crippen molar-refractivity contribution in [2.45, 2.75) is 6.92 Å². The molecule has 27 heavy (non-hydrogen) atoms. The zero-order chi connectivity index (χ0) is 18.0. The van der Waals surface area contributed by atoms with E-state index in [2.05, 4.69) is 96.4 Å². The Balaban J connectivity index is 1.81. The predicted molar refractivity (Wildman–Crippen MR) is 118 cm³/mol. The van der Waals surface area contributed by atoms with Crippen LogP contribution in [0.3, 0.4) is 0 Å². The van der Waals surface area contributed by atoms with Crippen LogP contribution in [0, 0.1) is 6.92 Å². The summed E-state index contributed by atoms with van der Waals surface area (Å²) in [6, 6.07) is 31.0. The van der Waals surface area contributed by atoms with Gasteiger partial charge in [-0.1, -0.05) is 54.1 Å². The molecule has 0 aliphatic heterocycles. The molecule has 0 saturated heterocycles. The molecule has 0 N–H and O–H groups in total. The maximum absolute atomic E-state index is 2.40. The predicted octanol–water partition coefficient (Wildman–Crippen LogP) is 7.46. The lowest BCUT2D eigenvalue weighted by atomic mass is 10.1. The fourth-order valence-electron chi connectivity index (χ4n) is 4.16. The molecule has 128 valence electrons. The van der Waals surface area contributed by atoms with Gasteiger partial charge in [0.15, 0.2) is 0 Å². The van der Waals surface area contributed by atoms with Gasteiger partial charge in [0.1, 0.15) is 0 Å². The first kappa shape index (κ1) is 15.0. The fourth-order valence-corrected chi connectivity index (χ4v) is 5.28. The van der Waals surface area contributed by atoms with E-state index in [1.54, 1.807) is 0 Å². The molecule has 0 unspecified atom stereocenters. The van der Waals surface area contributed by atoms with Crippen molar-refractivity contribution in [3.63, 3.8) is 0 Å². The third-order valence-electron chi connectivity index (χ3n) is 5.46. The molecule has 2 heterocycles. The second-order valence-corrected chi connectivity index (χ2v) is 8.24. The molecule has 1 nitrogen and oxygen atoms in total. The van der Waals surface area contributed by atoms with E-state index in [0.717, 1.165) is 0 Å². The number of hydrogen-bond donors (Lipinski definition) is 0. The number of aryl methyl sites for hydroxylation is 1. The van der Waals surface area contributed by atoms with E-state index in [1.165, 1.54) is 53.2 Å². The van der Waals surface area contributed by atoms with Gasteiger partial charge in [0.25, 0.3) is 0 Å². The van der Waals surface area contributed by atoms with Crippen molar-refractivity contribution in [1.29, 1.82) is 0 Å². The monoisotopic (exact) mass is 363 g/mol. The van der Waals surface area contributed by atoms with Crippen LogP contribution in [0.4, 0.5) is 0 Å². The number of rotatable bonds is 1. The lowest BCUT2D eigenvalue weighted by molar-refractivity contribution is 1.18. The minimum absolute atomic E-state index is 1.22. The molecule has 6 rings (SSSR count). The summed E-state index contributed by atoms with van der Waals surface area (Å²) in [4.78, 5) is 0. The smallest absolute Gasteiger partial charge is 0.0555 e. The molecular weight excluding hydrogens is 346 g/mol. The second-order valence-electron chi connectivity index (χ2n) is 7.15. The van der Waals surface area contributed by atoms with Crippen LogP contribution in [0.2, 0.25) is 0 Å². The highest BCUT2D eigenvalue weighted by Crippen LogP contribution is 2.40. The highest BCUT2D eigenvalue weighted by molar-refractivity contribution is 7.25. The van der Waals surface area contributed by atoms with Gasteiger partial charge in [-0.25, -0.2) is 0 Å². The van der Waals surface area contributed by atoms with Crippen LogP contribution in [0.25, 0.3) is 47.7 Å². The van der Waals surface area contributed by atoms with Crippen molar-refractivity contribution in [3.05, 3.63) is 90.5 Å². The van der Waals surface area contributed by atoms with Crippen LogP contribution < -0.4 is 0 Å². The highest BCUT2D eigenvalue weighted by Gasteiger charge is 2.14. The molecule has 0 saturated carbocycles. The molecule has 2 aromatic heterocycles. The number of nitrogens with zero attached hydrogens (tertiary/aromatic N) is 1. The Morgan fingerprint density at radius 1 is 0.593 bits per heavy atom. The lowest BCUT2D eigenvalue weighted by Gasteiger charge is -2.08. The first-order valence-corrected chi connectivity index (χ1v) is 10.0. The molecular formula is C25H17NS. The SMILES string of the molecule is Cc1ccc(-n2c3ccccc3c3cc4c(cc32)sc2ccccc24)cc1. The summed E-state index contributed by atoms with van der Waals surface area (Å²) in [5, 5.41) is 5.34. The molecule has 0 bridgehead atoms. The third-order valence-corrected chi connectivity index (χ3v) is 6.60. The number of benzene rings is 4. The summed E-state index contributed by atoms with van der Waals surface area (Å²) < 4.78 is 5.10. The van der Waals surface area contributed by atoms with Gasteiger partial charge in [-0.05, 0) is 43.3 Å². The molecule has 4 aromatic carbocycles. The number of thiophene rings is 1. The van der Waals surface area contributed by atoms with Crippen LogP contribution in [0.15, 0.2) is 84.9 Å². The normalized spacial score (nSPS) is 11.9. The van der Waals surface area contributed by atoms with Gasteiger partial charge in [0, 0.05) is 36.6 Å². The molecule has 0 atom stereocenters. The minimum atomic E-state index is 1.22. The summed E-state index contributed by atoms with van der Waals surface area (Å²) in [5.74, 6) is 0. The van der Waals surface area contributed by atoms with Crippen LogP contribution in [0.5, 0.6) is 0 Å². The molecule has 0 amide bonds. The van der Waals surface area contributed by atoms with Gasteiger partial charge in [-0.3, -0.25) is 0 Å². The van der Waals surface area contributed by atoms with Crippen molar-refractivity contribution in [2.24, 2.45) is 0 Å². The summed E-state index contributed by atoms with van der Waals surface area (Å²) in [6.45, 7) is 2.14. The number of hydrogen-bond acceptors (Lipinski definition) is 1. The Hall–Kier alpha value is -3.10. The Kier molecular flexibility index (Phi) is 3.03.